The van der Waals surface area contributed by atoms with Gasteiger partial charge in [0.15, 0.2) is 18.1 Å². The lowest BCUT2D eigenvalue weighted by Crippen LogP contribution is -2.34. The van der Waals surface area contributed by atoms with Crippen molar-refractivity contribution >= 4 is 28.5 Å². The standard InChI is InChI=1S/C23H21N3O6/c27-20(25-15-7-8-18-19(11-15)32-23(31-18)9-3-4-10-23)13-30-21(28)12-26-14-24-17-6-2-1-5-16(17)22(26)29/h1-2,5-8,11,14H,3-4,9-10,12-13H2,(H,25,27). The Hall–Kier alpha value is -3.88. The van der Waals surface area contributed by atoms with Gasteiger partial charge in [-0.1, -0.05) is 12.1 Å². The number of nitrogens with zero attached hydrogens (tertiary/aromatic N) is 2. The zero-order chi connectivity index (χ0) is 22.1. The minimum Gasteiger partial charge on any atom is -0.454 e. The van der Waals surface area contributed by atoms with Gasteiger partial charge in [-0.05, 0) is 37.1 Å². The van der Waals surface area contributed by atoms with Crippen LogP contribution in [-0.2, 0) is 20.9 Å². The fourth-order valence-corrected chi connectivity index (χ4v) is 4.04. The van der Waals surface area contributed by atoms with E-state index in [0.717, 1.165) is 30.3 Å². The van der Waals surface area contributed by atoms with Crippen molar-refractivity contribution in [3.63, 3.8) is 0 Å². The van der Waals surface area contributed by atoms with Gasteiger partial charge in [0.1, 0.15) is 6.54 Å². The van der Waals surface area contributed by atoms with Gasteiger partial charge in [0, 0.05) is 24.6 Å². The number of rotatable bonds is 5. The van der Waals surface area contributed by atoms with Crippen LogP contribution in [0.25, 0.3) is 10.9 Å². The maximum atomic E-state index is 12.4. The molecule has 1 aliphatic heterocycles. The quantitative estimate of drug-likeness (QED) is 0.614. The van der Waals surface area contributed by atoms with E-state index in [2.05, 4.69) is 10.3 Å². The fraction of sp³-hybridized carbons (Fsp3) is 0.304. The molecule has 0 radical (unpaired) electrons. The summed E-state index contributed by atoms with van der Waals surface area (Å²) in [6.07, 6.45) is 5.09. The number of aromatic nitrogens is 2. The molecule has 0 saturated heterocycles. The number of para-hydroxylation sites is 1. The molecule has 1 saturated carbocycles. The van der Waals surface area contributed by atoms with Crippen molar-refractivity contribution in [2.24, 2.45) is 0 Å². The van der Waals surface area contributed by atoms with Gasteiger partial charge in [0.2, 0.25) is 0 Å². The number of anilines is 1. The van der Waals surface area contributed by atoms with Crippen LogP contribution in [0.1, 0.15) is 25.7 Å². The summed E-state index contributed by atoms with van der Waals surface area (Å²) in [7, 11) is 0. The highest BCUT2D eigenvalue weighted by Gasteiger charge is 2.44. The lowest BCUT2D eigenvalue weighted by Gasteiger charge is -2.21. The molecule has 2 heterocycles. The van der Waals surface area contributed by atoms with Crippen LogP contribution in [0.15, 0.2) is 53.6 Å². The average Bonchev–Trinajstić information content (AvgIpc) is 3.40. The summed E-state index contributed by atoms with van der Waals surface area (Å²) in [6.45, 7) is -0.816. The normalized spacial score (nSPS) is 15.8. The molecule has 0 bridgehead atoms. The molecule has 2 aliphatic rings. The number of carbonyl (C=O) groups excluding carboxylic acids is 2. The SMILES string of the molecule is O=C(COC(=O)Cn1cnc2ccccc2c1=O)Nc1ccc2c(c1)OC1(CCCC1)O2. The van der Waals surface area contributed by atoms with E-state index in [4.69, 9.17) is 14.2 Å². The third-order valence-electron chi connectivity index (χ3n) is 5.58. The molecule has 164 valence electrons. The molecule has 9 heteroatoms. The van der Waals surface area contributed by atoms with Gasteiger partial charge in [-0.25, -0.2) is 4.98 Å². The van der Waals surface area contributed by atoms with Crippen molar-refractivity contribution in [3.05, 3.63) is 59.1 Å². The Labute approximate surface area is 182 Å². The molecule has 1 aliphatic carbocycles. The van der Waals surface area contributed by atoms with E-state index in [1.807, 2.05) is 0 Å². The number of hydrogen-bond acceptors (Lipinski definition) is 7. The van der Waals surface area contributed by atoms with E-state index < -0.39 is 24.3 Å². The molecule has 2 aromatic carbocycles. The van der Waals surface area contributed by atoms with E-state index in [1.165, 1.54) is 6.33 Å². The second kappa shape index (κ2) is 7.99. The highest BCUT2D eigenvalue weighted by Crippen LogP contribution is 2.47. The number of fused-ring (bicyclic) bond motifs is 2. The Balaban J connectivity index is 1.16. The first kappa shape index (κ1) is 20.0. The summed E-state index contributed by atoms with van der Waals surface area (Å²) in [5.41, 5.74) is 0.708. The molecule has 5 rings (SSSR count). The minimum atomic E-state index is -0.715. The number of esters is 1. The summed E-state index contributed by atoms with van der Waals surface area (Å²) < 4.78 is 18.1. The van der Waals surface area contributed by atoms with Crippen molar-refractivity contribution < 1.29 is 23.8 Å². The molecule has 0 atom stereocenters. The first-order chi connectivity index (χ1) is 15.5. The molecule has 1 amide bonds. The van der Waals surface area contributed by atoms with Gasteiger partial charge in [-0.2, -0.15) is 0 Å². The molecule has 0 unspecified atom stereocenters. The van der Waals surface area contributed by atoms with E-state index in [9.17, 15) is 14.4 Å². The molecular weight excluding hydrogens is 414 g/mol. The number of ether oxygens (including phenoxy) is 3. The van der Waals surface area contributed by atoms with Crippen LogP contribution < -0.4 is 20.3 Å². The number of nitrogens with one attached hydrogen (secondary N) is 1. The van der Waals surface area contributed by atoms with Crippen LogP contribution in [0.3, 0.4) is 0 Å². The van der Waals surface area contributed by atoms with E-state index in [-0.39, 0.29) is 12.1 Å². The molecule has 1 spiro atoms. The Kier molecular flexibility index (Phi) is 5.01. The van der Waals surface area contributed by atoms with Gasteiger partial charge < -0.3 is 19.5 Å². The maximum Gasteiger partial charge on any atom is 0.326 e. The summed E-state index contributed by atoms with van der Waals surface area (Å²) in [4.78, 5) is 40.9. The van der Waals surface area contributed by atoms with Crippen LogP contribution in [0, 0.1) is 0 Å². The van der Waals surface area contributed by atoms with Crippen LogP contribution in [-0.4, -0.2) is 33.8 Å². The third-order valence-corrected chi connectivity index (χ3v) is 5.58. The average molecular weight is 435 g/mol. The van der Waals surface area contributed by atoms with Crippen molar-refractivity contribution in [2.75, 3.05) is 11.9 Å². The predicted octanol–water partition coefficient (Wildman–Crippen LogP) is 2.62. The molecule has 1 N–H and O–H groups in total. The zero-order valence-electron chi connectivity index (χ0n) is 17.2. The van der Waals surface area contributed by atoms with Gasteiger partial charge in [0.05, 0.1) is 17.2 Å². The maximum absolute atomic E-state index is 12.4. The van der Waals surface area contributed by atoms with Crippen LogP contribution in [0.5, 0.6) is 11.5 Å². The van der Waals surface area contributed by atoms with Crippen LogP contribution >= 0.6 is 0 Å². The molecule has 9 nitrogen and oxygen atoms in total. The topological polar surface area (TPSA) is 109 Å². The first-order valence-electron chi connectivity index (χ1n) is 10.4. The van der Waals surface area contributed by atoms with Gasteiger partial charge in [0.25, 0.3) is 17.3 Å². The third kappa shape index (κ3) is 3.89. The first-order valence-corrected chi connectivity index (χ1v) is 10.4. The van der Waals surface area contributed by atoms with Gasteiger partial charge in [-0.3, -0.25) is 19.0 Å². The smallest absolute Gasteiger partial charge is 0.326 e. The lowest BCUT2D eigenvalue weighted by atomic mass is 10.2. The summed E-state index contributed by atoms with van der Waals surface area (Å²) in [5, 5.41) is 3.08. The summed E-state index contributed by atoms with van der Waals surface area (Å²) in [6, 6.07) is 12.0. The second-order valence-electron chi connectivity index (χ2n) is 7.89. The summed E-state index contributed by atoms with van der Waals surface area (Å²) >= 11 is 0. The molecule has 3 aromatic rings. The number of hydrogen-bond donors (Lipinski definition) is 1. The monoisotopic (exact) mass is 435 g/mol. The number of amides is 1. The molecule has 1 fully saturated rings. The van der Waals surface area contributed by atoms with Crippen molar-refractivity contribution in [1.82, 2.24) is 9.55 Å². The Morgan fingerprint density at radius 3 is 2.72 bits per heavy atom. The Morgan fingerprint density at radius 1 is 1.09 bits per heavy atom. The van der Waals surface area contributed by atoms with Gasteiger partial charge in [-0.15, -0.1) is 0 Å². The predicted molar refractivity (Wildman–Crippen MR) is 114 cm³/mol. The Bertz CT molecular complexity index is 1260. The highest BCUT2D eigenvalue weighted by molar-refractivity contribution is 5.93. The van der Waals surface area contributed by atoms with Crippen LogP contribution in [0.4, 0.5) is 5.69 Å². The van der Waals surface area contributed by atoms with Crippen LogP contribution in [0.2, 0.25) is 0 Å². The van der Waals surface area contributed by atoms with Crippen molar-refractivity contribution in [1.29, 1.82) is 0 Å². The van der Waals surface area contributed by atoms with Crippen molar-refractivity contribution in [2.45, 2.75) is 38.0 Å². The van der Waals surface area contributed by atoms with E-state index in [1.54, 1.807) is 42.5 Å². The lowest BCUT2D eigenvalue weighted by molar-refractivity contribution is -0.147. The zero-order valence-corrected chi connectivity index (χ0v) is 17.2. The minimum absolute atomic E-state index is 0.337. The molecule has 1 aromatic heterocycles. The van der Waals surface area contributed by atoms with Gasteiger partial charge >= 0.3 is 5.97 Å². The van der Waals surface area contributed by atoms with E-state index >= 15 is 0 Å². The Morgan fingerprint density at radius 2 is 1.88 bits per heavy atom. The highest BCUT2D eigenvalue weighted by atomic mass is 16.7. The number of carbonyl (C=O) groups is 2. The van der Waals surface area contributed by atoms with E-state index in [0.29, 0.717) is 28.1 Å². The number of benzene rings is 2. The molecular formula is C23H21N3O6. The fourth-order valence-electron chi connectivity index (χ4n) is 4.04. The largest absolute Gasteiger partial charge is 0.454 e. The second-order valence-corrected chi connectivity index (χ2v) is 7.89. The van der Waals surface area contributed by atoms with Crippen molar-refractivity contribution in [3.8, 4) is 11.5 Å². The molecule has 32 heavy (non-hydrogen) atoms. The summed E-state index contributed by atoms with van der Waals surface area (Å²) in [5.74, 6) is -0.545.